The van der Waals surface area contributed by atoms with E-state index in [2.05, 4.69) is 22.4 Å². The van der Waals surface area contributed by atoms with Crippen molar-refractivity contribution in [1.82, 2.24) is 10.3 Å². The quantitative estimate of drug-likeness (QED) is 0.837. The molecule has 0 aliphatic heterocycles. The molecule has 0 spiro atoms. The summed E-state index contributed by atoms with van der Waals surface area (Å²) in [6.45, 7) is 1.56. The van der Waals surface area contributed by atoms with Crippen molar-refractivity contribution in [2.75, 3.05) is 13.7 Å². The standard InChI is InChI=1S/C20H23FN2O/c1-24-16-6-7-17(14-4-5-14)15(11-16)12-22-13-20(8-9-20)19-18(21)3-2-10-23-19/h2-3,6-7,10-11,14,22H,4-5,8-9,12-13H2,1H3. The Morgan fingerprint density at radius 3 is 2.79 bits per heavy atom. The van der Waals surface area contributed by atoms with Gasteiger partial charge in [-0.1, -0.05) is 6.07 Å². The molecule has 1 aromatic carbocycles. The van der Waals surface area contributed by atoms with Crippen molar-refractivity contribution >= 4 is 0 Å². The van der Waals surface area contributed by atoms with Crippen LogP contribution in [0.3, 0.4) is 0 Å². The van der Waals surface area contributed by atoms with Gasteiger partial charge in [-0.05, 0) is 67.0 Å². The van der Waals surface area contributed by atoms with E-state index in [0.29, 0.717) is 11.6 Å². The first-order chi connectivity index (χ1) is 11.7. The molecule has 126 valence electrons. The summed E-state index contributed by atoms with van der Waals surface area (Å²) in [4.78, 5) is 4.29. The van der Waals surface area contributed by atoms with Crippen molar-refractivity contribution in [3.63, 3.8) is 0 Å². The highest BCUT2D eigenvalue weighted by atomic mass is 19.1. The third-order valence-electron chi connectivity index (χ3n) is 5.26. The Bertz CT molecular complexity index is 738. The summed E-state index contributed by atoms with van der Waals surface area (Å²) in [6.07, 6.45) is 6.25. The molecule has 1 heterocycles. The normalized spacial score (nSPS) is 18.4. The second kappa shape index (κ2) is 6.17. The number of aromatic nitrogens is 1. The van der Waals surface area contributed by atoms with Gasteiger partial charge in [-0.25, -0.2) is 4.39 Å². The van der Waals surface area contributed by atoms with Crippen molar-refractivity contribution in [2.45, 2.75) is 43.6 Å². The predicted octanol–water partition coefficient (Wildman–Crippen LogP) is 3.93. The van der Waals surface area contributed by atoms with Crippen LogP contribution in [0.1, 0.15) is 48.4 Å². The van der Waals surface area contributed by atoms with Crippen molar-refractivity contribution in [3.8, 4) is 5.75 Å². The molecule has 2 aliphatic rings. The molecule has 2 saturated carbocycles. The van der Waals surface area contributed by atoms with Crippen LogP contribution in [-0.4, -0.2) is 18.6 Å². The van der Waals surface area contributed by atoms with Crippen LogP contribution in [0, 0.1) is 5.82 Å². The molecular weight excluding hydrogens is 303 g/mol. The first-order valence-corrected chi connectivity index (χ1v) is 8.70. The Kier molecular flexibility index (Phi) is 4.01. The highest BCUT2D eigenvalue weighted by Crippen LogP contribution is 2.47. The molecule has 4 heteroatoms. The van der Waals surface area contributed by atoms with E-state index < -0.39 is 0 Å². The summed E-state index contributed by atoms with van der Waals surface area (Å²) in [6, 6.07) is 9.53. The van der Waals surface area contributed by atoms with Crippen LogP contribution in [0.25, 0.3) is 0 Å². The molecule has 3 nitrogen and oxygen atoms in total. The predicted molar refractivity (Wildman–Crippen MR) is 91.8 cm³/mol. The van der Waals surface area contributed by atoms with Gasteiger partial charge in [0.1, 0.15) is 11.6 Å². The first kappa shape index (κ1) is 15.6. The average Bonchev–Trinajstić information content (AvgIpc) is 3.50. The molecule has 2 fully saturated rings. The lowest BCUT2D eigenvalue weighted by molar-refractivity contribution is 0.413. The average molecular weight is 326 g/mol. The van der Waals surface area contributed by atoms with Crippen LogP contribution in [0.2, 0.25) is 0 Å². The lowest BCUT2D eigenvalue weighted by atomic mass is 9.99. The summed E-state index contributed by atoms with van der Waals surface area (Å²) in [5.41, 5.74) is 3.22. The second-order valence-corrected chi connectivity index (χ2v) is 7.06. The number of ether oxygens (including phenoxy) is 1. The molecule has 0 atom stereocenters. The van der Waals surface area contributed by atoms with E-state index in [4.69, 9.17) is 4.74 Å². The van der Waals surface area contributed by atoms with E-state index in [1.165, 1.54) is 30.0 Å². The number of nitrogens with zero attached hydrogens (tertiary/aromatic N) is 1. The summed E-state index contributed by atoms with van der Waals surface area (Å²) < 4.78 is 19.4. The molecule has 24 heavy (non-hydrogen) atoms. The van der Waals surface area contributed by atoms with Gasteiger partial charge in [-0.2, -0.15) is 0 Å². The van der Waals surface area contributed by atoms with Gasteiger partial charge in [0, 0.05) is 24.7 Å². The largest absolute Gasteiger partial charge is 0.497 e. The Hall–Kier alpha value is -1.94. The third kappa shape index (κ3) is 3.03. The van der Waals surface area contributed by atoms with Gasteiger partial charge in [0.25, 0.3) is 0 Å². The van der Waals surface area contributed by atoms with Crippen molar-refractivity contribution < 1.29 is 9.13 Å². The highest BCUT2D eigenvalue weighted by Gasteiger charge is 2.46. The minimum atomic E-state index is -0.183. The van der Waals surface area contributed by atoms with Crippen LogP contribution in [0.15, 0.2) is 36.5 Å². The fourth-order valence-electron chi connectivity index (χ4n) is 3.52. The minimum absolute atomic E-state index is 0.121. The fourth-order valence-corrected chi connectivity index (χ4v) is 3.52. The van der Waals surface area contributed by atoms with Crippen molar-refractivity contribution in [2.24, 2.45) is 0 Å². The Labute approximate surface area is 142 Å². The molecule has 0 radical (unpaired) electrons. The molecule has 0 amide bonds. The number of hydrogen-bond donors (Lipinski definition) is 1. The SMILES string of the molecule is COc1ccc(C2CC2)c(CNCC2(c3ncccc3F)CC2)c1. The third-order valence-corrected chi connectivity index (χ3v) is 5.26. The number of benzene rings is 1. The lowest BCUT2D eigenvalue weighted by Gasteiger charge is -2.17. The molecular formula is C20H23FN2O. The van der Waals surface area contributed by atoms with Crippen LogP contribution in [-0.2, 0) is 12.0 Å². The van der Waals surface area contributed by atoms with E-state index in [1.807, 2.05) is 6.07 Å². The zero-order valence-electron chi connectivity index (χ0n) is 14.0. The molecule has 2 aromatic rings. The number of hydrogen-bond acceptors (Lipinski definition) is 3. The molecule has 2 aliphatic carbocycles. The highest BCUT2D eigenvalue weighted by molar-refractivity contribution is 5.39. The summed E-state index contributed by atoms with van der Waals surface area (Å²) in [5, 5.41) is 3.54. The minimum Gasteiger partial charge on any atom is -0.497 e. The monoisotopic (exact) mass is 326 g/mol. The van der Waals surface area contributed by atoms with Gasteiger partial charge in [-0.3, -0.25) is 4.98 Å². The van der Waals surface area contributed by atoms with Crippen molar-refractivity contribution in [3.05, 3.63) is 59.2 Å². The van der Waals surface area contributed by atoms with Gasteiger partial charge >= 0.3 is 0 Å². The Morgan fingerprint density at radius 1 is 1.29 bits per heavy atom. The molecule has 1 N–H and O–H groups in total. The van der Waals surface area contributed by atoms with E-state index in [-0.39, 0.29) is 11.2 Å². The topological polar surface area (TPSA) is 34.1 Å². The first-order valence-electron chi connectivity index (χ1n) is 8.70. The van der Waals surface area contributed by atoms with Gasteiger partial charge in [0.05, 0.1) is 12.8 Å². The van der Waals surface area contributed by atoms with E-state index in [9.17, 15) is 4.39 Å². The molecule has 0 bridgehead atoms. The van der Waals surface area contributed by atoms with Gasteiger partial charge in [0.2, 0.25) is 0 Å². The van der Waals surface area contributed by atoms with Gasteiger partial charge in [0.15, 0.2) is 0 Å². The van der Waals surface area contributed by atoms with Gasteiger partial charge < -0.3 is 10.1 Å². The number of pyridine rings is 1. The van der Waals surface area contributed by atoms with Crippen LogP contribution < -0.4 is 10.1 Å². The Morgan fingerprint density at radius 2 is 2.12 bits per heavy atom. The van der Waals surface area contributed by atoms with E-state index >= 15 is 0 Å². The Balaban J connectivity index is 1.45. The molecule has 0 unspecified atom stereocenters. The zero-order valence-corrected chi connectivity index (χ0v) is 14.0. The zero-order chi connectivity index (χ0) is 16.6. The molecule has 0 saturated heterocycles. The van der Waals surface area contributed by atoms with Crippen LogP contribution in [0.5, 0.6) is 5.75 Å². The van der Waals surface area contributed by atoms with E-state index in [0.717, 1.165) is 31.7 Å². The summed E-state index contributed by atoms with van der Waals surface area (Å²) in [5.74, 6) is 1.42. The van der Waals surface area contributed by atoms with E-state index in [1.54, 1.807) is 19.4 Å². The second-order valence-electron chi connectivity index (χ2n) is 7.06. The maximum absolute atomic E-state index is 14.0. The molecule has 4 rings (SSSR count). The maximum Gasteiger partial charge on any atom is 0.145 e. The van der Waals surface area contributed by atoms with Gasteiger partial charge in [-0.15, -0.1) is 0 Å². The number of rotatable bonds is 7. The number of halogens is 1. The fraction of sp³-hybridized carbons (Fsp3) is 0.450. The summed E-state index contributed by atoms with van der Waals surface area (Å²) >= 11 is 0. The number of nitrogens with one attached hydrogen (secondary N) is 1. The lowest BCUT2D eigenvalue weighted by Crippen LogP contribution is -2.28. The smallest absolute Gasteiger partial charge is 0.145 e. The van der Waals surface area contributed by atoms with Crippen LogP contribution in [0.4, 0.5) is 4.39 Å². The number of methoxy groups -OCH3 is 1. The molecule has 1 aromatic heterocycles. The maximum atomic E-state index is 14.0. The summed E-state index contributed by atoms with van der Waals surface area (Å²) in [7, 11) is 1.70. The van der Waals surface area contributed by atoms with Crippen molar-refractivity contribution in [1.29, 1.82) is 0 Å². The van der Waals surface area contributed by atoms with Crippen LogP contribution >= 0.6 is 0 Å².